The fourth-order valence-electron chi connectivity index (χ4n) is 3.09. The van der Waals surface area contributed by atoms with Crippen LogP contribution in [-0.2, 0) is 13.1 Å². The van der Waals surface area contributed by atoms with E-state index < -0.39 is 0 Å². The van der Waals surface area contributed by atoms with Gasteiger partial charge in [-0.1, -0.05) is 48.5 Å². The number of nitrogens with one attached hydrogen (secondary N) is 1. The van der Waals surface area contributed by atoms with Gasteiger partial charge >= 0.3 is 0 Å². The minimum absolute atomic E-state index is 0.557. The first-order chi connectivity index (χ1) is 13.8. The maximum absolute atomic E-state index is 8.88. The van der Waals surface area contributed by atoms with Crippen LogP contribution < -0.4 is 5.32 Å². The zero-order valence-electron chi connectivity index (χ0n) is 15.3. The number of rotatable bonds is 6. The highest BCUT2D eigenvalue weighted by Gasteiger charge is 2.06. The Morgan fingerprint density at radius 3 is 2.57 bits per heavy atom. The van der Waals surface area contributed by atoms with E-state index in [1.807, 2.05) is 24.7 Å². The van der Waals surface area contributed by atoms with Crippen LogP contribution in [0.4, 0.5) is 5.82 Å². The number of nitriles is 1. The van der Waals surface area contributed by atoms with Crippen molar-refractivity contribution in [1.29, 1.82) is 5.26 Å². The van der Waals surface area contributed by atoms with Gasteiger partial charge in [0.1, 0.15) is 11.9 Å². The molecular formula is C23H19N5. The number of aromatic nitrogens is 3. The summed E-state index contributed by atoms with van der Waals surface area (Å²) in [6, 6.07) is 22.6. The van der Waals surface area contributed by atoms with E-state index in [-0.39, 0.29) is 0 Å². The number of hydrogen-bond acceptors (Lipinski definition) is 4. The molecule has 0 saturated carbocycles. The number of imidazole rings is 1. The highest BCUT2D eigenvalue weighted by molar-refractivity contribution is 5.68. The number of benzene rings is 2. The van der Waals surface area contributed by atoms with Crippen LogP contribution in [0.3, 0.4) is 0 Å². The van der Waals surface area contributed by atoms with Crippen LogP contribution in [0.15, 0.2) is 85.6 Å². The Hall–Kier alpha value is -3.91. The Kier molecular flexibility index (Phi) is 5.12. The zero-order valence-corrected chi connectivity index (χ0v) is 15.3. The van der Waals surface area contributed by atoms with Gasteiger partial charge in [0.15, 0.2) is 0 Å². The molecule has 0 aliphatic carbocycles. The number of nitrogens with zero attached hydrogens (tertiary/aromatic N) is 4. The molecule has 1 N–H and O–H groups in total. The molecule has 0 atom stereocenters. The molecule has 2 aromatic carbocycles. The van der Waals surface area contributed by atoms with Crippen molar-refractivity contribution in [2.75, 3.05) is 5.32 Å². The van der Waals surface area contributed by atoms with Gasteiger partial charge in [-0.15, -0.1) is 0 Å². The molecule has 4 rings (SSSR count). The Balaban J connectivity index is 1.49. The van der Waals surface area contributed by atoms with Gasteiger partial charge in [-0.3, -0.25) is 0 Å². The van der Waals surface area contributed by atoms with Crippen LogP contribution in [0.25, 0.3) is 11.1 Å². The summed E-state index contributed by atoms with van der Waals surface area (Å²) >= 11 is 0. The average molecular weight is 365 g/mol. The van der Waals surface area contributed by atoms with Crippen molar-refractivity contribution in [2.45, 2.75) is 13.1 Å². The van der Waals surface area contributed by atoms with Crippen molar-refractivity contribution >= 4 is 5.82 Å². The molecule has 0 unspecified atom stereocenters. The summed E-state index contributed by atoms with van der Waals surface area (Å²) in [4.78, 5) is 8.36. The van der Waals surface area contributed by atoms with Crippen molar-refractivity contribution < 1.29 is 0 Å². The van der Waals surface area contributed by atoms with Gasteiger partial charge in [0.25, 0.3) is 0 Å². The van der Waals surface area contributed by atoms with Crippen LogP contribution in [0.1, 0.15) is 16.7 Å². The van der Waals surface area contributed by atoms with Crippen LogP contribution in [0.5, 0.6) is 0 Å². The summed E-state index contributed by atoms with van der Waals surface area (Å²) in [7, 11) is 0. The summed E-state index contributed by atoms with van der Waals surface area (Å²) in [5, 5.41) is 12.2. The normalized spacial score (nSPS) is 10.4. The molecule has 0 fully saturated rings. The molecule has 0 bridgehead atoms. The minimum Gasteiger partial charge on any atom is -0.366 e. The number of pyridine rings is 1. The maximum atomic E-state index is 8.88. The minimum atomic E-state index is 0.557. The molecule has 5 heteroatoms. The van der Waals surface area contributed by atoms with E-state index in [4.69, 9.17) is 5.26 Å². The SMILES string of the molecule is N#Cc1ccc(NCc2ccccc2-c2ccc(Cn3ccnc3)cc2)nc1. The van der Waals surface area contributed by atoms with E-state index in [1.54, 1.807) is 18.5 Å². The summed E-state index contributed by atoms with van der Waals surface area (Å²) in [5.74, 6) is 0.754. The standard InChI is InChI=1S/C23H19N5/c24-13-19-7-10-23(26-14-19)27-15-21-3-1-2-4-22(21)20-8-5-18(6-9-20)16-28-12-11-25-17-28/h1-12,14,17H,15-16H2,(H,26,27). The first-order valence-corrected chi connectivity index (χ1v) is 9.05. The van der Waals surface area contributed by atoms with Crippen molar-refractivity contribution in [3.05, 3.63) is 102 Å². The highest BCUT2D eigenvalue weighted by Crippen LogP contribution is 2.25. The van der Waals surface area contributed by atoms with Crippen LogP contribution in [-0.4, -0.2) is 14.5 Å². The van der Waals surface area contributed by atoms with Crippen molar-refractivity contribution in [2.24, 2.45) is 0 Å². The van der Waals surface area contributed by atoms with E-state index in [2.05, 4.69) is 68.4 Å². The largest absolute Gasteiger partial charge is 0.366 e. The molecule has 4 aromatic rings. The fraction of sp³-hybridized carbons (Fsp3) is 0.0870. The second kappa shape index (κ2) is 8.19. The smallest absolute Gasteiger partial charge is 0.126 e. The third-order valence-electron chi connectivity index (χ3n) is 4.56. The molecule has 5 nitrogen and oxygen atoms in total. The van der Waals surface area contributed by atoms with E-state index >= 15 is 0 Å². The van der Waals surface area contributed by atoms with Crippen LogP contribution >= 0.6 is 0 Å². The molecule has 0 aliphatic heterocycles. The third-order valence-corrected chi connectivity index (χ3v) is 4.56. The molecular weight excluding hydrogens is 346 g/mol. The maximum Gasteiger partial charge on any atom is 0.126 e. The predicted octanol–water partition coefficient (Wildman–Crippen LogP) is 4.48. The van der Waals surface area contributed by atoms with E-state index in [1.165, 1.54) is 22.3 Å². The summed E-state index contributed by atoms with van der Waals surface area (Å²) in [6.45, 7) is 1.47. The van der Waals surface area contributed by atoms with Crippen LogP contribution in [0, 0.1) is 11.3 Å². The first kappa shape index (κ1) is 17.5. The van der Waals surface area contributed by atoms with Crippen molar-refractivity contribution in [1.82, 2.24) is 14.5 Å². The highest BCUT2D eigenvalue weighted by atomic mass is 15.0. The lowest BCUT2D eigenvalue weighted by Gasteiger charge is -2.12. The predicted molar refractivity (Wildman–Crippen MR) is 109 cm³/mol. The zero-order chi connectivity index (χ0) is 19.2. The Morgan fingerprint density at radius 2 is 1.86 bits per heavy atom. The van der Waals surface area contributed by atoms with Gasteiger partial charge in [-0.25, -0.2) is 9.97 Å². The fourth-order valence-corrected chi connectivity index (χ4v) is 3.09. The molecule has 136 valence electrons. The second-order valence-corrected chi connectivity index (χ2v) is 6.49. The number of anilines is 1. The second-order valence-electron chi connectivity index (χ2n) is 6.49. The van der Waals surface area contributed by atoms with Crippen molar-refractivity contribution in [3.63, 3.8) is 0 Å². The van der Waals surface area contributed by atoms with Gasteiger partial charge in [0.05, 0.1) is 11.9 Å². The van der Waals surface area contributed by atoms with Gasteiger partial charge < -0.3 is 9.88 Å². The molecule has 0 spiro atoms. The van der Waals surface area contributed by atoms with Gasteiger partial charge in [0.2, 0.25) is 0 Å². The number of hydrogen-bond donors (Lipinski definition) is 1. The lowest BCUT2D eigenvalue weighted by atomic mass is 9.98. The van der Waals surface area contributed by atoms with E-state index in [9.17, 15) is 0 Å². The Bertz CT molecular complexity index is 1080. The molecule has 2 aromatic heterocycles. The molecule has 0 radical (unpaired) electrons. The van der Waals surface area contributed by atoms with Gasteiger partial charge in [-0.05, 0) is 34.4 Å². The molecule has 0 amide bonds. The molecule has 28 heavy (non-hydrogen) atoms. The van der Waals surface area contributed by atoms with E-state index in [0.29, 0.717) is 12.1 Å². The van der Waals surface area contributed by atoms with Crippen LogP contribution in [0.2, 0.25) is 0 Å². The Labute approximate surface area is 163 Å². The first-order valence-electron chi connectivity index (χ1n) is 9.05. The topological polar surface area (TPSA) is 66.5 Å². The van der Waals surface area contributed by atoms with Gasteiger partial charge in [-0.2, -0.15) is 5.26 Å². The average Bonchev–Trinajstić information content (AvgIpc) is 3.26. The third kappa shape index (κ3) is 4.08. The lowest BCUT2D eigenvalue weighted by Crippen LogP contribution is -2.03. The summed E-state index contributed by atoms with van der Waals surface area (Å²) in [6.07, 6.45) is 7.16. The molecule has 0 aliphatic rings. The summed E-state index contributed by atoms with van der Waals surface area (Å²) < 4.78 is 2.05. The molecule has 0 saturated heterocycles. The van der Waals surface area contributed by atoms with Gasteiger partial charge in [0, 0.05) is 31.7 Å². The monoisotopic (exact) mass is 365 g/mol. The Morgan fingerprint density at radius 1 is 1.00 bits per heavy atom. The molecule has 2 heterocycles. The van der Waals surface area contributed by atoms with Crippen molar-refractivity contribution in [3.8, 4) is 17.2 Å². The quantitative estimate of drug-likeness (QED) is 0.547. The lowest BCUT2D eigenvalue weighted by molar-refractivity contribution is 0.797. The van der Waals surface area contributed by atoms with E-state index in [0.717, 1.165) is 12.4 Å². The summed E-state index contributed by atoms with van der Waals surface area (Å²) in [5.41, 5.74) is 5.36.